The molecule has 2 aromatic rings. The van der Waals surface area contributed by atoms with E-state index in [1.165, 1.54) is 4.31 Å². The molecular formula is C19H24N2O4S. The number of rotatable bonds is 7. The fraction of sp³-hybridized carbons (Fsp3) is 0.316. The van der Waals surface area contributed by atoms with E-state index in [2.05, 4.69) is 5.32 Å². The number of hydrogen-bond acceptors (Lipinski definition) is 4. The molecule has 140 valence electrons. The van der Waals surface area contributed by atoms with Crippen molar-refractivity contribution in [3.8, 4) is 5.75 Å². The van der Waals surface area contributed by atoms with Crippen LogP contribution in [0.3, 0.4) is 0 Å². The van der Waals surface area contributed by atoms with Crippen LogP contribution in [0.2, 0.25) is 0 Å². The van der Waals surface area contributed by atoms with Crippen LogP contribution >= 0.6 is 0 Å². The van der Waals surface area contributed by atoms with Gasteiger partial charge in [-0.25, -0.2) is 8.42 Å². The van der Waals surface area contributed by atoms with E-state index >= 15 is 0 Å². The third kappa shape index (κ3) is 4.98. The van der Waals surface area contributed by atoms with E-state index in [1.807, 2.05) is 32.0 Å². The fourth-order valence-electron chi connectivity index (χ4n) is 2.65. The van der Waals surface area contributed by atoms with Crippen LogP contribution in [0.25, 0.3) is 0 Å². The van der Waals surface area contributed by atoms with Crippen LogP contribution in [-0.4, -0.2) is 34.2 Å². The number of methoxy groups -OCH3 is 1. The Balaban J connectivity index is 2.11. The molecule has 1 N–H and O–H groups in total. The molecular weight excluding hydrogens is 352 g/mol. The minimum absolute atomic E-state index is 0.0485. The number of aryl methyl sites for hydroxylation is 2. The number of amides is 1. The van der Waals surface area contributed by atoms with Gasteiger partial charge in [0.05, 0.1) is 19.1 Å². The summed E-state index contributed by atoms with van der Waals surface area (Å²) < 4.78 is 30.6. The van der Waals surface area contributed by atoms with Crippen molar-refractivity contribution in [2.24, 2.45) is 0 Å². The number of ether oxygens (including phenoxy) is 1. The Morgan fingerprint density at radius 2 is 1.65 bits per heavy atom. The number of carbonyl (C=O) groups is 1. The molecule has 0 saturated carbocycles. The molecule has 0 heterocycles. The highest BCUT2D eigenvalue weighted by atomic mass is 32.2. The third-order valence-electron chi connectivity index (χ3n) is 4.05. The predicted octanol–water partition coefficient (Wildman–Crippen LogP) is 3.11. The number of anilines is 2. The van der Waals surface area contributed by atoms with Crippen LogP contribution < -0.4 is 14.4 Å². The number of sulfonamides is 1. The minimum Gasteiger partial charge on any atom is -0.497 e. The van der Waals surface area contributed by atoms with Crippen LogP contribution in [0.4, 0.5) is 11.4 Å². The third-order valence-corrected chi connectivity index (χ3v) is 5.24. The molecule has 0 radical (unpaired) electrons. The summed E-state index contributed by atoms with van der Waals surface area (Å²) in [5, 5.41) is 2.87. The molecule has 0 unspecified atom stereocenters. The molecule has 0 bridgehead atoms. The topological polar surface area (TPSA) is 75.7 Å². The van der Waals surface area contributed by atoms with Crippen molar-refractivity contribution in [3.05, 3.63) is 53.6 Å². The highest BCUT2D eigenvalue weighted by Crippen LogP contribution is 2.23. The first kappa shape index (κ1) is 19.8. The zero-order chi connectivity index (χ0) is 19.3. The lowest BCUT2D eigenvalue weighted by Gasteiger charge is -2.22. The Morgan fingerprint density at radius 3 is 2.15 bits per heavy atom. The van der Waals surface area contributed by atoms with E-state index in [1.54, 1.807) is 31.4 Å². The Kier molecular flexibility index (Phi) is 6.26. The van der Waals surface area contributed by atoms with Crippen molar-refractivity contribution >= 4 is 27.3 Å². The Bertz CT molecular complexity index is 857. The minimum atomic E-state index is -3.51. The van der Waals surface area contributed by atoms with Crippen LogP contribution in [0.5, 0.6) is 5.75 Å². The largest absolute Gasteiger partial charge is 0.497 e. The average molecular weight is 376 g/mol. The second-order valence-electron chi connectivity index (χ2n) is 6.10. The Hall–Kier alpha value is -2.54. The summed E-state index contributed by atoms with van der Waals surface area (Å²) in [5.41, 5.74) is 3.20. The van der Waals surface area contributed by atoms with Gasteiger partial charge < -0.3 is 10.1 Å². The molecule has 2 rings (SSSR count). The molecule has 0 spiro atoms. The summed E-state index contributed by atoms with van der Waals surface area (Å²) in [6.07, 6.45) is 1.17. The van der Waals surface area contributed by atoms with Gasteiger partial charge in [-0.2, -0.15) is 0 Å². The summed E-state index contributed by atoms with van der Waals surface area (Å²) in [6.45, 7) is 3.90. The SMILES string of the molecule is COc1ccc(N(CCC(=O)Nc2c(C)cccc2C)S(C)(=O)=O)cc1. The standard InChI is InChI=1S/C19H24N2O4S/c1-14-6-5-7-15(2)19(14)20-18(22)12-13-21(26(4,23)24)16-8-10-17(25-3)11-9-16/h5-11H,12-13H2,1-4H3,(H,20,22). The molecule has 6 nitrogen and oxygen atoms in total. The van der Waals surface area contributed by atoms with Crippen LogP contribution in [-0.2, 0) is 14.8 Å². The first-order valence-corrected chi connectivity index (χ1v) is 10.0. The van der Waals surface area contributed by atoms with Crippen molar-refractivity contribution in [3.63, 3.8) is 0 Å². The predicted molar refractivity (Wildman–Crippen MR) is 104 cm³/mol. The molecule has 0 aliphatic carbocycles. The van der Waals surface area contributed by atoms with E-state index < -0.39 is 10.0 Å². The normalized spacial score (nSPS) is 11.1. The lowest BCUT2D eigenvalue weighted by molar-refractivity contribution is -0.116. The number of para-hydroxylation sites is 1. The van der Waals surface area contributed by atoms with Crippen LogP contribution in [0.1, 0.15) is 17.5 Å². The van der Waals surface area contributed by atoms with E-state index in [-0.39, 0.29) is 18.9 Å². The molecule has 0 saturated heterocycles. The Morgan fingerprint density at radius 1 is 1.08 bits per heavy atom. The van der Waals surface area contributed by atoms with Gasteiger partial charge in [0, 0.05) is 18.7 Å². The van der Waals surface area contributed by atoms with Gasteiger partial charge >= 0.3 is 0 Å². The van der Waals surface area contributed by atoms with E-state index in [9.17, 15) is 13.2 Å². The van der Waals surface area contributed by atoms with Crippen molar-refractivity contribution in [1.29, 1.82) is 0 Å². The molecule has 0 aromatic heterocycles. The molecule has 0 aliphatic heterocycles. The molecule has 2 aromatic carbocycles. The van der Waals surface area contributed by atoms with Gasteiger partial charge in [0.1, 0.15) is 5.75 Å². The maximum atomic E-state index is 12.3. The highest BCUT2D eigenvalue weighted by molar-refractivity contribution is 7.92. The molecule has 0 fully saturated rings. The fourth-order valence-corrected chi connectivity index (χ4v) is 3.58. The average Bonchev–Trinajstić information content (AvgIpc) is 2.58. The van der Waals surface area contributed by atoms with Gasteiger partial charge in [-0.15, -0.1) is 0 Å². The number of carbonyl (C=O) groups excluding carboxylic acids is 1. The van der Waals surface area contributed by atoms with Crippen LogP contribution in [0.15, 0.2) is 42.5 Å². The first-order chi connectivity index (χ1) is 12.2. The summed E-state index contributed by atoms with van der Waals surface area (Å²) in [4.78, 5) is 12.3. The smallest absolute Gasteiger partial charge is 0.232 e. The number of nitrogens with one attached hydrogen (secondary N) is 1. The van der Waals surface area contributed by atoms with Crippen molar-refractivity contribution < 1.29 is 17.9 Å². The van der Waals surface area contributed by atoms with Crippen molar-refractivity contribution in [2.45, 2.75) is 20.3 Å². The lowest BCUT2D eigenvalue weighted by atomic mass is 10.1. The second kappa shape index (κ2) is 8.23. The van der Waals surface area contributed by atoms with Crippen molar-refractivity contribution in [1.82, 2.24) is 0 Å². The molecule has 0 aliphatic rings. The quantitative estimate of drug-likeness (QED) is 0.806. The molecule has 7 heteroatoms. The maximum Gasteiger partial charge on any atom is 0.232 e. The summed E-state index contributed by atoms with van der Waals surface area (Å²) >= 11 is 0. The monoisotopic (exact) mass is 376 g/mol. The van der Waals surface area contributed by atoms with Gasteiger partial charge in [-0.05, 0) is 49.2 Å². The number of benzene rings is 2. The van der Waals surface area contributed by atoms with Gasteiger partial charge in [0.25, 0.3) is 0 Å². The zero-order valence-corrected chi connectivity index (χ0v) is 16.3. The summed E-state index contributed by atoms with van der Waals surface area (Å²) in [6, 6.07) is 12.4. The number of hydrogen-bond donors (Lipinski definition) is 1. The lowest BCUT2D eigenvalue weighted by Crippen LogP contribution is -2.33. The van der Waals surface area contributed by atoms with Crippen LogP contribution in [0, 0.1) is 13.8 Å². The first-order valence-electron chi connectivity index (χ1n) is 8.20. The zero-order valence-electron chi connectivity index (χ0n) is 15.4. The van der Waals surface area contributed by atoms with Gasteiger partial charge in [0.2, 0.25) is 15.9 Å². The van der Waals surface area contributed by atoms with Crippen molar-refractivity contribution in [2.75, 3.05) is 29.5 Å². The van der Waals surface area contributed by atoms with E-state index in [0.29, 0.717) is 11.4 Å². The van der Waals surface area contributed by atoms with Gasteiger partial charge in [-0.1, -0.05) is 18.2 Å². The number of nitrogens with zero attached hydrogens (tertiary/aromatic N) is 1. The summed E-state index contributed by atoms with van der Waals surface area (Å²) in [5.74, 6) is 0.402. The van der Waals surface area contributed by atoms with Gasteiger partial charge in [0.15, 0.2) is 0 Å². The van der Waals surface area contributed by atoms with E-state index in [0.717, 1.165) is 23.1 Å². The molecule has 26 heavy (non-hydrogen) atoms. The molecule has 0 atom stereocenters. The Labute approximate surface area is 154 Å². The maximum absolute atomic E-state index is 12.3. The van der Waals surface area contributed by atoms with Gasteiger partial charge in [-0.3, -0.25) is 9.10 Å². The molecule has 1 amide bonds. The highest BCUT2D eigenvalue weighted by Gasteiger charge is 2.19. The second-order valence-corrected chi connectivity index (χ2v) is 8.00. The summed E-state index contributed by atoms with van der Waals surface area (Å²) in [7, 11) is -1.97. The van der Waals surface area contributed by atoms with E-state index in [4.69, 9.17) is 4.74 Å².